The zero-order chi connectivity index (χ0) is 13.1. The van der Waals surface area contributed by atoms with Gasteiger partial charge in [0.2, 0.25) is 5.91 Å². The Balaban J connectivity index is 1.61. The topological polar surface area (TPSA) is 50.4 Å². The second-order valence-corrected chi connectivity index (χ2v) is 6.00. The quantitative estimate of drug-likeness (QED) is 0.892. The fraction of sp³-hybridized carbons (Fsp3) is 0.500. The number of rotatable bonds is 3. The van der Waals surface area contributed by atoms with Gasteiger partial charge in [-0.25, -0.2) is 0 Å². The van der Waals surface area contributed by atoms with Crippen molar-refractivity contribution < 1.29 is 9.53 Å². The third-order valence-corrected chi connectivity index (χ3v) is 4.62. The van der Waals surface area contributed by atoms with Crippen molar-refractivity contribution in [3.63, 3.8) is 0 Å². The van der Waals surface area contributed by atoms with Crippen molar-refractivity contribution in [1.29, 1.82) is 0 Å². The zero-order valence-corrected chi connectivity index (χ0v) is 11.6. The van der Waals surface area contributed by atoms with Gasteiger partial charge in [-0.05, 0) is 37.0 Å². The van der Waals surface area contributed by atoms with Crippen LogP contribution in [0.1, 0.15) is 12.8 Å². The standard InChI is InChI=1S/C14H18N2O2S/c17-14-9-19-13-2-1-11(7-12(13)16-14)15-8-10-3-5-18-6-4-10/h1-2,7,10,15H,3-6,8-9H2,(H,16,17). The Hall–Kier alpha value is -1.20. The Bertz CT molecular complexity index is 473. The third kappa shape index (κ3) is 3.22. The van der Waals surface area contributed by atoms with Crippen LogP contribution in [-0.4, -0.2) is 31.4 Å². The summed E-state index contributed by atoms with van der Waals surface area (Å²) in [5.41, 5.74) is 2.01. The van der Waals surface area contributed by atoms with Crippen LogP contribution in [0.4, 0.5) is 11.4 Å². The van der Waals surface area contributed by atoms with Crippen LogP contribution in [0.2, 0.25) is 0 Å². The van der Waals surface area contributed by atoms with Gasteiger partial charge in [-0.15, -0.1) is 11.8 Å². The lowest BCUT2D eigenvalue weighted by atomic mass is 10.0. The number of carbonyl (C=O) groups is 1. The Morgan fingerprint density at radius 3 is 3.05 bits per heavy atom. The van der Waals surface area contributed by atoms with Crippen LogP contribution in [0.25, 0.3) is 0 Å². The molecule has 0 saturated carbocycles. The van der Waals surface area contributed by atoms with Crippen molar-refractivity contribution in [1.82, 2.24) is 0 Å². The molecule has 1 aromatic rings. The van der Waals surface area contributed by atoms with Gasteiger partial charge < -0.3 is 15.4 Å². The van der Waals surface area contributed by atoms with Gasteiger partial charge in [0.05, 0.1) is 11.4 Å². The van der Waals surface area contributed by atoms with Crippen LogP contribution < -0.4 is 10.6 Å². The molecule has 1 saturated heterocycles. The summed E-state index contributed by atoms with van der Waals surface area (Å²) in [4.78, 5) is 12.5. The Labute approximate surface area is 117 Å². The highest BCUT2D eigenvalue weighted by molar-refractivity contribution is 8.00. The van der Waals surface area contributed by atoms with Crippen molar-refractivity contribution in [3.05, 3.63) is 18.2 Å². The molecule has 0 aliphatic carbocycles. The molecular weight excluding hydrogens is 260 g/mol. The van der Waals surface area contributed by atoms with E-state index in [9.17, 15) is 4.79 Å². The average Bonchev–Trinajstić information content (AvgIpc) is 2.46. The van der Waals surface area contributed by atoms with Gasteiger partial charge in [0.25, 0.3) is 0 Å². The van der Waals surface area contributed by atoms with Gasteiger partial charge in [-0.2, -0.15) is 0 Å². The van der Waals surface area contributed by atoms with Crippen molar-refractivity contribution in [2.24, 2.45) is 5.92 Å². The number of thioether (sulfide) groups is 1. The van der Waals surface area contributed by atoms with Gasteiger partial charge in [0.1, 0.15) is 0 Å². The summed E-state index contributed by atoms with van der Waals surface area (Å²) in [6.07, 6.45) is 2.26. The van der Waals surface area contributed by atoms with Gasteiger partial charge >= 0.3 is 0 Å². The van der Waals surface area contributed by atoms with E-state index < -0.39 is 0 Å². The van der Waals surface area contributed by atoms with Crippen LogP contribution >= 0.6 is 11.8 Å². The molecule has 0 aromatic heterocycles. The lowest BCUT2D eigenvalue weighted by Gasteiger charge is -2.23. The number of carbonyl (C=O) groups excluding carboxylic acids is 1. The van der Waals surface area contributed by atoms with E-state index in [4.69, 9.17) is 4.74 Å². The summed E-state index contributed by atoms with van der Waals surface area (Å²) in [7, 11) is 0. The predicted molar refractivity (Wildman–Crippen MR) is 77.8 cm³/mol. The van der Waals surface area contributed by atoms with E-state index in [0.29, 0.717) is 11.7 Å². The maximum atomic E-state index is 11.4. The normalized spacial score (nSPS) is 19.7. The third-order valence-electron chi connectivity index (χ3n) is 3.55. The van der Waals surface area contributed by atoms with Crippen LogP contribution in [-0.2, 0) is 9.53 Å². The first-order chi connectivity index (χ1) is 9.31. The fourth-order valence-electron chi connectivity index (χ4n) is 2.41. The van der Waals surface area contributed by atoms with Crippen molar-refractivity contribution in [2.75, 3.05) is 36.1 Å². The summed E-state index contributed by atoms with van der Waals surface area (Å²) in [6, 6.07) is 6.19. The highest BCUT2D eigenvalue weighted by Crippen LogP contribution is 2.33. The molecule has 2 heterocycles. The maximum Gasteiger partial charge on any atom is 0.234 e. The number of benzene rings is 1. The number of hydrogen-bond acceptors (Lipinski definition) is 4. The smallest absolute Gasteiger partial charge is 0.234 e. The van der Waals surface area contributed by atoms with Crippen molar-refractivity contribution >= 4 is 29.0 Å². The molecule has 0 unspecified atom stereocenters. The lowest BCUT2D eigenvalue weighted by molar-refractivity contribution is -0.113. The molecule has 102 valence electrons. The number of amides is 1. The highest BCUT2D eigenvalue weighted by Gasteiger charge is 2.16. The molecule has 2 aliphatic rings. The number of fused-ring (bicyclic) bond motifs is 1. The summed E-state index contributed by atoms with van der Waals surface area (Å²) in [5, 5.41) is 6.38. The van der Waals surface area contributed by atoms with E-state index in [-0.39, 0.29) is 5.91 Å². The lowest BCUT2D eigenvalue weighted by Crippen LogP contribution is -2.23. The summed E-state index contributed by atoms with van der Waals surface area (Å²) >= 11 is 1.60. The van der Waals surface area contributed by atoms with Crippen LogP contribution in [0.15, 0.2) is 23.1 Å². The SMILES string of the molecule is O=C1CSc2ccc(NCC3CCOCC3)cc2N1. The van der Waals surface area contributed by atoms with E-state index in [0.717, 1.165) is 48.9 Å². The van der Waals surface area contributed by atoms with Crippen LogP contribution in [0.3, 0.4) is 0 Å². The van der Waals surface area contributed by atoms with E-state index >= 15 is 0 Å². The molecule has 0 bridgehead atoms. The summed E-state index contributed by atoms with van der Waals surface area (Å²) < 4.78 is 5.36. The molecule has 2 aliphatic heterocycles. The molecule has 3 rings (SSSR count). The van der Waals surface area contributed by atoms with Crippen molar-refractivity contribution in [2.45, 2.75) is 17.7 Å². The van der Waals surface area contributed by atoms with E-state index in [1.54, 1.807) is 11.8 Å². The van der Waals surface area contributed by atoms with Gasteiger partial charge in [-0.1, -0.05) is 0 Å². The first kappa shape index (κ1) is 12.8. The van der Waals surface area contributed by atoms with E-state index in [2.05, 4.69) is 22.8 Å². The van der Waals surface area contributed by atoms with Gasteiger partial charge in [0.15, 0.2) is 0 Å². The molecule has 0 radical (unpaired) electrons. The van der Waals surface area contributed by atoms with Crippen LogP contribution in [0.5, 0.6) is 0 Å². The minimum Gasteiger partial charge on any atom is -0.385 e. The highest BCUT2D eigenvalue weighted by atomic mass is 32.2. The second-order valence-electron chi connectivity index (χ2n) is 4.98. The average molecular weight is 278 g/mol. The molecule has 4 nitrogen and oxygen atoms in total. The predicted octanol–water partition coefficient (Wildman–Crippen LogP) is 2.57. The fourth-order valence-corrected chi connectivity index (χ4v) is 3.19. The molecule has 1 aromatic carbocycles. The zero-order valence-electron chi connectivity index (χ0n) is 10.8. The number of ether oxygens (including phenoxy) is 1. The Morgan fingerprint density at radius 2 is 2.21 bits per heavy atom. The Morgan fingerprint density at radius 1 is 1.37 bits per heavy atom. The maximum absolute atomic E-state index is 11.4. The largest absolute Gasteiger partial charge is 0.385 e. The number of nitrogens with one attached hydrogen (secondary N) is 2. The molecule has 1 amide bonds. The second kappa shape index (κ2) is 5.84. The van der Waals surface area contributed by atoms with Gasteiger partial charge in [0, 0.05) is 30.3 Å². The molecule has 0 spiro atoms. The molecule has 2 N–H and O–H groups in total. The molecule has 0 atom stereocenters. The first-order valence-corrected chi connectivity index (χ1v) is 7.68. The molecule has 5 heteroatoms. The minimum absolute atomic E-state index is 0.0825. The minimum atomic E-state index is 0.0825. The number of anilines is 2. The molecule has 19 heavy (non-hydrogen) atoms. The van der Waals surface area contributed by atoms with Crippen LogP contribution in [0, 0.1) is 5.92 Å². The van der Waals surface area contributed by atoms with E-state index in [1.807, 2.05) is 6.07 Å². The monoisotopic (exact) mass is 278 g/mol. The Kier molecular flexibility index (Phi) is 3.94. The summed E-state index contributed by atoms with van der Waals surface area (Å²) in [5.74, 6) is 1.29. The van der Waals surface area contributed by atoms with Gasteiger partial charge in [-0.3, -0.25) is 4.79 Å². The molecule has 1 fully saturated rings. The summed E-state index contributed by atoms with van der Waals surface area (Å²) in [6.45, 7) is 2.73. The number of hydrogen-bond donors (Lipinski definition) is 2. The van der Waals surface area contributed by atoms with Crippen molar-refractivity contribution in [3.8, 4) is 0 Å². The van der Waals surface area contributed by atoms with E-state index in [1.165, 1.54) is 0 Å². The first-order valence-electron chi connectivity index (χ1n) is 6.69. The molecular formula is C14H18N2O2S.